The van der Waals surface area contributed by atoms with Gasteiger partial charge in [-0.25, -0.2) is 4.39 Å². The number of nitro groups is 1. The zero-order chi connectivity index (χ0) is 10.3. The lowest BCUT2D eigenvalue weighted by Gasteiger charge is -1.95. The topological polar surface area (TPSA) is 43.1 Å². The first-order valence-corrected chi connectivity index (χ1v) is 4.86. The van der Waals surface area contributed by atoms with Gasteiger partial charge in [-0.3, -0.25) is 10.1 Å². The fourth-order valence-electron chi connectivity index (χ4n) is 1.18. The highest BCUT2D eigenvalue weighted by molar-refractivity contribution is 7.17. The summed E-state index contributed by atoms with van der Waals surface area (Å²) >= 11 is 6.65. The summed E-state index contributed by atoms with van der Waals surface area (Å²) in [5, 5.41) is 11.7. The van der Waals surface area contributed by atoms with E-state index < -0.39 is 10.7 Å². The summed E-state index contributed by atoms with van der Waals surface area (Å²) in [6.45, 7) is 0. The monoisotopic (exact) mass is 231 g/mol. The summed E-state index contributed by atoms with van der Waals surface area (Å²) in [6, 6.07) is 2.96. The summed E-state index contributed by atoms with van der Waals surface area (Å²) in [7, 11) is 0. The van der Waals surface area contributed by atoms with Crippen LogP contribution in [0.25, 0.3) is 10.1 Å². The minimum atomic E-state index is -0.725. The molecule has 0 aliphatic rings. The Morgan fingerprint density at radius 3 is 2.86 bits per heavy atom. The maximum atomic E-state index is 13.4. The Morgan fingerprint density at radius 1 is 1.50 bits per heavy atom. The predicted molar refractivity (Wildman–Crippen MR) is 53.4 cm³/mol. The fourth-order valence-corrected chi connectivity index (χ4v) is 2.24. The molecule has 0 bridgehead atoms. The van der Waals surface area contributed by atoms with Crippen LogP contribution in [-0.2, 0) is 0 Å². The average molecular weight is 232 g/mol. The molecule has 1 heterocycles. The Bertz CT molecular complexity index is 525. The summed E-state index contributed by atoms with van der Waals surface area (Å²) < 4.78 is 13.9. The summed E-state index contributed by atoms with van der Waals surface area (Å²) in [4.78, 5) is 9.93. The van der Waals surface area contributed by atoms with Gasteiger partial charge in [0.15, 0.2) is 5.82 Å². The summed E-state index contributed by atoms with van der Waals surface area (Å²) in [6.07, 6.45) is 0. The van der Waals surface area contributed by atoms with Crippen LogP contribution in [0.5, 0.6) is 0 Å². The molecule has 0 amide bonds. The first-order chi connectivity index (χ1) is 6.61. The van der Waals surface area contributed by atoms with Crippen LogP contribution in [0, 0.1) is 15.9 Å². The fraction of sp³-hybridized carbons (Fsp3) is 0. The van der Waals surface area contributed by atoms with Gasteiger partial charge in [-0.1, -0.05) is 11.6 Å². The van der Waals surface area contributed by atoms with Gasteiger partial charge in [0.1, 0.15) is 5.39 Å². The maximum Gasteiger partial charge on any atom is 0.290 e. The van der Waals surface area contributed by atoms with Crippen molar-refractivity contribution < 1.29 is 9.31 Å². The van der Waals surface area contributed by atoms with Crippen molar-refractivity contribution in [3.63, 3.8) is 0 Å². The van der Waals surface area contributed by atoms with Gasteiger partial charge >= 0.3 is 0 Å². The van der Waals surface area contributed by atoms with E-state index >= 15 is 0 Å². The van der Waals surface area contributed by atoms with Crippen molar-refractivity contribution >= 4 is 38.7 Å². The van der Waals surface area contributed by atoms with Gasteiger partial charge in [-0.2, -0.15) is 0 Å². The van der Waals surface area contributed by atoms with Gasteiger partial charge in [0, 0.05) is 4.70 Å². The second kappa shape index (κ2) is 3.18. The van der Waals surface area contributed by atoms with Crippen molar-refractivity contribution in [1.82, 2.24) is 0 Å². The Labute approximate surface area is 86.9 Å². The van der Waals surface area contributed by atoms with Crippen LogP contribution in [0.3, 0.4) is 0 Å². The van der Waals surface area contributed by atoms with Crippen LogP contribution >= 0.6 is 22.9 Å². The number of hydrogen-bond donors (Lipinski definition) is 0. The predicted octanol–water partition coefficient (Wildman–Crippen LogP) is 3.60. The Hall–Kier alpha value is -1.20. The third-order valence-electron chi connectivity index (χ3n) is 1.81. The molecule has 1 aromatic carbocycles. The normalized spacial score (nSPS) is 10.7. The zero-order valence-corrected chi connectivity index (χ0v) is 8.23. The molecule has 0 N–H and O–H groups in total. The lowest BCUT2D eigenvalue weighted by Crippen LogP contribution is -1.87. The molecule has 0 fully saturated rings. The van der Waals surface area contributed by atoms with Gasteiger partial charge in [0.2, 0.25) is 0 Å². The molecular formula is C8H3ClFNO2S. The van der Waals surface area contributed by atoms with Gasteiger partial charge in [-0.15, -0.1) is 11.3 Å². The molecule has 0 saturated carbocycles. The molecule has 0 aliphatic heterocycles. The first-order valence-electron chi connectivity index (χ1n) is 3.61. The Balaban J connectivity index is 2.89. The molecule has 0 aliphatic carbocycles. The highest BCUT2D eigenvalue weighted by atomic mass is 35.5. The zero-order valence-electron chi connectivity index (χ0n) is 6.66. The second-order valence-electron chi connectivity index (χ2n) is 2.61. The van der Waals surface area contributed by atoms with Gasteiger partial charge in [0.05, 0.1) is 15.3 Å². The minimum absolute atomic E-state index is 0.00694. The van der Waals surface area contributed by atoms with E-state index in [2.05, 4.69) is 0 Å². The number of benzene rings is 1. The molecule has 3 nitrogen and oxygen atoms in total. The van der Waals surface area contributed by atoms with Crippen molar-refractivity contribution in [2.45, 2.75) is 0 Å². The Kier molecular flexibility index (Phi) is 2.13. The second-order valence-corrected chi connectivity index (χ2v) is 3.93. The number of fused-ring (bicyclic) bond motifs is 1. The number of rotatable bonds is 1. The molecule has 6 heteroatoms. The number of halogens is 2. The van der Waals surface area contributed by atoms with Crippen molar-refractivity contribution in [2.75, 3.05) is 0 Å². The van der Waals surface area contributed by atoms with Crippen molar-refractivity contribution in [3.05, 3.63) is 38.5 Å². The van der Waals surface area contributed by atoms with Crippen molar-refractivity contribution in [1.29, 1.82) is 0 Å². The molecule has 2 aromatic rings. The van der Waals surface area contributed by atoms with Crippen LogP contribution in [0.2, 0.25) is 5.02 Å². The van der Waals surface area contributed by atoms with Crippen LogP contribution in [0.4, 0.5) is 10.1 Å². The quantitative estimate of drug-likeness (QED) is 0.556. The van der Waals surface area contributed by atoms with Crippen molar-refractivity contribution in [3.8, 4) is 0 Å². The molecule has 2 rings (SSSR count). The maximum absolute atomic E-state index is 13.4. The van der Waals surface area contributed by atoms with E-state index in [-0.39, 0.29) is 16.1 Å². The molecule has 0 radical (unpaired) electrons. The molecule has 72 valence electrons. The van der Waals surface area contributed by atoms with Gasteiger partial charge in [0.25, 0.3) is 5.69 Å². The lowest BCUT2D eigenvalue weighted by molar-refractivity contribution is -0.382. The van der Waals surface area contributed by atoms with E-state index in [0.29, 0.717) is 4.70 Å². The van der Waals surface area contributed by atoms with Gasteiger partial charge < -0.3 is 0 Å². The van der Waals surface area contributed by atoms with Crippen LogP contribution in [0.15, 0.2) is 17.5 Å². The molecule has 0 unspecified atom stereocenters. The smallest absolute Gasteiger partial charge is 0.258 e. The molecule has 0 spiro atoms. The summed E-state index contributed by atoms with van der Waals surface area (Å²) in [5.74, 6) is -0.725. The third kappa shape index (κ3) is 1.25. The molecule has 1 aromatic heterocycles. The largest absolute Gasteiger partial charge is 0.290 e. The third-order valence-corrected chi connectivity index (χ3v) is 3.03. The molecular weight excluding hydrogens is 229 g/mol. The molecule has 0 saturated heterocycles. The number of hydrogen-bond acceptors (Lipinski definition) is 3. The highest BCUT2D eigenvalue weighted by Crippen LogP contribution is 2.36. The highest BCUT2D eigenvalue weighted by Gasteiger charge is 2.19. The van der Waals surface area contributed by atoms with E-state index in [1.165, 1.54) is 11.4 Å². The molecule has 14 heavy (non-hydrogen) atoms. The van der Waals surface area contributed by atoms with Crippen molar-refractivity contribution in [2.24, 2.45) is 0 Å². The standard InChI is InChI=1S/C8H3ClFNO2S/c9-4-1-2-6-7(8(4)10)5(3-14-6)11(12)13/h1-3H. The first kappa shape index (κ1) is 9.36. The average Bonchev–Trinajstić information content (AvgIpc) is 2.55. The number of nitrogens with zero attached hydrogens (tertiary/aromatic N) is 1. The van der Waals surface area contributed by atoms with E-state index in [9.17, 15) is 14.5 Å². The van der Waals surface area contributed by atoms with Crippen LogP contribution < -0.4 is 0 Å². The molecule has 0 atom stereocenters. The Morgan fingerprint density at radius 2 is 2.21 bits per heavy atom. The van der Waals surface area contributed by atoms with E-state index in [0.717, 1.165) is 11.3 Å². The van der Waals surface area contributed by atoms with Crippen LogP contribution in [-0.4, -0.2) is 4.92 Å². The van der Waals surface area contributed by atoms with E-state index in [1.807, 2.05) is 0 Å². The minimum Gasteiger partial charge on any atom is -0.258 e. The number of thiophene rings is 1. The summed E-state index contributed by atoms with van der Waals surface area (Å²) in [5.41, 5.74) is -0.231. The SMILES string of the molecule is O=[N+]([O-])c1csc2ccc(Cl)c(F)c12. The van der Waals surface area contributed by atoms with E-state index in [4.69, 9.17) is 11.6 Å². The van der Waals surface area contributed by atoms with Gasteiger partial charge in [-0.05, 0) is 12.1 Å². The van der Waals surface area contributed by atoms with E-state index in [1.54, 1.807) is 6.07 Å². The lowest BCUT2D eigenvalue weighted by atomic mass is 10.2. The van der Waals surface area contributed by atoms with Crippen LogP contribution in [0.1, 0.15) is 0 Å².